The molecule has 248 valence electrons. The van der Waals surface area contributed by atoms with Gasteiger partial charge in [0, 0.05) is 47.4 Å². The zero-order valence-electron chi connectivity index (χ0n) is 26.4. The van der Waals surface area contributed by atoms with Crippen LogP contribution in [0.4, 0.5) is 0 Å². The van der Waals surface area contributed by atoms with Crippen LogP contribution in [-0.2, 0) is 12.8 Å². The van der Waals surface area contributed by atoms with Gasteiger partial charge in [-0.15, -0.1) is 22.7 Å². The van der Waals surface area contributed by atoms with E-state index >= 15 is 0 Å². The summed E-state index contributed by atoms with van der Waals surface area (Å²) < 4.78 is 0. The van der Waals surface area contributed by atoms with E-state index in [-0.39, 0.29) is 28.6 Å². The van der Waals surface area contributed by atoms with Crippen LogP contribution in [0.15, 0.2) is 130 Å². The molecule has 49 heavy (non-hydrogen) atoms. The van der Waals surface area contributed by atoms with E-state index in [2.05, 4.69) is 80.6 Å². The maximum atomic E-state index is 13.0. The number of carboxylic acid groups (broad SMARTS) is 1. The minimum Gasteiger partial charge on any atom is -0.478 e. The Morgan fingerprint density at radius 1 is 0.673 bits per heavy atom. The monoisotopic (exact) mass is 690 g/mol. The van der Waals surface area contributed by atoms with Crippen molar-refractivity contribution in [3.63, 3.8) is 0 Å². The fraction of sp³-hybridized carbons (Fsp3) is 0.158. The Labute approximate surface area is 290 Å². The molecule has 4 N–H and O–H groups in total. The molecule has 2 aromatic carbocycles. The predicted octanol–water partition coefficient (Wildman–Crippen LogP) is 6.28. The highest BCUT2D eigenvalue weighted by Crippen LogP contribution is 2.38. The molecule has 0 aliphatic carbocycles. The molecule has 6 aromatic rings. The molecule has 0 radical (unpaired) electrons. The summed E-state index contributed by atoms with van der Waals surface area (Å²) in [6.45, 7) is 1.76. The van der Waals surface area contributed by atoms with Crippen molar-refractivity contribution in [1.29, 1.82) is 0 Å². The molecule has 6 heterocycles. The first-order valence-electron chi connectivity index (χ1n) is 15.8. The van der Waals surface area contributed by atoms with Crippen molar-refractivity contribution in [2.45, 2.75) is 24.9 Å². The number of fused-ring (bicyclic) bond motifs is 2. The molecule has 4 aromatic heterocycles. The van der Waals surface area contributed by atoms with Crippen LogP contribution in [0.2, 0.25) is 0 Å². The third kappa shape index (κ3) is 8.03. The molecular weight excluding hydrogens is 657 g/mol. The number of benzene rings is 2. The van der Waals surface area contributed by atoms with Gasteiger partial charge in [0.2, 0.25) is 11.1 Å². The van der Waals surface area contributed by atoms with Crippen molar-refractivity contribution in [3.05, 3.63) is 184 Å². The van der Waals surface area contributed by atoms with Crippen molar-refractivity contribution in [1.82, 2.24) is 20.2 Å². The standard InChI is InChI=1S/C19H16N2O2S.C13H13NS.C6H5NO3/c22-17-7-6-14(12-20-17)19(23)21-10-8-16-15(9-11-24-16)18(21)13-4-2-1-3-5-13;1-2-4-10(5-3-1)13-11-7-9-15-12(11)6-8-14-13;8-5-2-1-4(3-7-5)6(9)10/h1-7,9,11-12,18H,8,10H2,(H,20,22);1-5,7,9,13-14H,6,8H2;1-3H,(H,7,8)(H,9,10). The number of thiophene rings is 2. The second-order valence-electron chi connectivity index (χ2n) is 11.4. The van der Waals surface area contributed by atoms with Crippen LogP contribution in [0, 0.1) is 0 Å². The van der Waals surface area contributed by atoms with Gasteiger partial charge in [-0.2, -0.15) is 0 Å². The van der Waals surface area contributed by atoms with Crippen LogP contribution in [0.1, 0.15) is 64.8 Å². The second kappa shape index (κ2) is 15.7. The van der Waals surface area contributed by atoms with Crippen LogP contribution < -0.4 is 16.4 Å². The van der Waals surface area contributed by atoms with Crippen LogP contribution >= 0.6 is 22.7 Å². The third-order valence-corrected chi connectivity index (χ3v) is 10.3. The Bertz CT molecular complexity index is 2100. The van der Waals surface area contributed by atoms with Crippen LogP contribution in [0.25, 0.3) is 0 Å². The van der Waals surface area contributed by atoms with Crippen LogP contribution in [0.5, 0.6) is 0 Å². The van der Waals surface area contributed by atoms with Crippen molar-refractivity contribution < 1.29 is 14.7 Å². The summed E-state index contributed by atoms with van der Waals surface area (Å²) in [6.07, 6.45) is 4.70. The molecule has 1 amide bonds. The number of hydrogen-bond acceptors (Lipinski definition) is 7. The van der Waals surface area contributed by atoms with Gasteiger partial charge in [0.05, 0.1) is 23.2 Å². The lowest BCUT2D eigenvalue weighted by Gasteiger charge is -2.36. The van der Waals surface area contributed by atoms with Crippen LogP contribution in [0.3, 0.4) is 0 Å². The molecular formula is C38H34N4O5S2. The van der Waals surface area contributed by atoms with Gasteiger partial charge in [0.25, 0.3) is 5.91 Å². The number of pyridine rings is 2. The van der Waals surface area contributed by atoms with Gasteiger partial charge < -0.3 is 25.3 Å². The Morgan fingerprint density at radius 3 is 1.84 bits per heavy atom. The Kier molecular flexibility index (Phi) is 10.7. The molecule has 2 aliphatic heterocycles. The van der Waals surface area contributed by atoms with Gasteiger partial charge in [0.1, 0.15) is 0 Å². The van der Waals surface area contributed by atoms with Gasteiger partial charge in [-0.05, 0) is 70.1 Å². The lowest BCUT2D eigenvalue weighted by Crippen LogP contribution is -2.40. The molecule has 9 nitrogen and oxygen atoms in total. The molecule has 2 aliphatic rings. The number of hydrogen-bond donors (Lipinski definition) is 4. The zero-order chi connectivity index (χ0) is 34.2. The van der Waals surface area contributed by atoms with E-state index in [4.69, 9.17) is 5.11 Å². The van der Waals surface area contributed by atoms with Gasteiger partial charge in [-0.25, -0.2) is 4.79 Å². The molecule has 8 rings (SSSR count). The number of H-pyrrole nitrogens is 2. The molecule has 0 spiro atoms. The van der Waals surface area contributed by atoms with E-state index < -0.39 is 5.97 Å². The average molecular weight is 691 g/mol. The summed E-state index contributed by atoms with van der Waals surface area (Å²) in [5, 5.41) is 16.2. The highest BCUT2D eigenvalue weighted by molar-refractivity contribution is 7.10. The molecule has 2 atom stereocenters. The minimum absolute atomic E-state index is 0.0584. The predicted molar refractivity (Wildman–Crippen MR) is 193 cm³/mol. The summed E-state index contributed by atoms with van der Waals surface area (Å²) in [5.41, 5.74) is 5.24. The van der Waals surface area contributed by atoms with Crippen molar-refractivity contribution in [2.24, 2.45) is 0 Å². The van der Waals surface area contributed by atoms with E-state index in [1.807, 2.05) is 34.4 Å². The van der Waals surface area contributed by atoms with E-state index in [1.54, 1.807) is 22.3 Å². The first-order valence-corrected chi connectivity index (χ1v) is 17.5. The number of nitrogens with zero attached hydrogens (tertiary/aromatic N) is 1. The summed E-state index contributed by atoms with van der Waals surface area (Å²) >= 11 is 3.63. The van der Waals surface area contributed by atoms with E-state index in [0.29, 0.717) is 18.2 Å². The number of aromatic amines is 2. The summed E-state index contributed by atoms with van der Waals surface area (Å²) in [5.74, 6) is -1.10. The summed E-state index contributed by atoms with van der Waals surface area (Å²) in [7, 11) is 0. The fourth-order valence-corrected chi connectivity index (χ4v) is 7.80. The zero-order valence-corrected chi connectivity index (χ0v) is 28.0. The number of carbonyl (C=O) groups excluding carboxylic acids is 1. The molecule has 0 fully saturated rings. The topological polar surface area (TPSA) is 135 Å². The normalized spacial score (nSPS) is 16.1. The lowest BCUT2D eigenvalue weighted by molar-refractivity contribution is 0.0687. The van der Waals surface area contributed by atoms with Gasteiger partial charge >= 0.3 is 5.97 Å². The van der Waals surface area contributed by atoms with Gasteiger partial charge in [0.15, 0.2) is 0 Å². The quantitative estimate of drug-likeness (QED) is 0.172. The first-order chi connectivity index (χ1) is 23.9. The average Bonchev–Trinajstić information content (AvgIpc) is 3.83. The fourth-order valence-electron chi connectivity index (χ4n) is 5.98. The van der Waals surface area contributed by atoms with Crippen molar-refractivity contribution in [2.75, 3.05) is 13.1 Å². The third-order valence-electron chi connectivity index (χ3n) is 8.33. The first kappa shape index (κ1) is 33.5. The minimum atomic E-state index is -1.05. The highest BCUT2D eigenvalue weighted by atomic mass is 32.1. The number of aromatic carboxylic acids is 1. The van der Waals surface area contributed by atoms with Gasteiger partial charge in [-0.3, -0.25) is 14.4 Å². The molecule has 0 bridgehead atoms. The smallest absolute Gasteiger partial charge is 0.337 e. The Balaban J connectivity index is 0.000000142. The van der Waals surface area contributed by atoms with Crippen molar-refractivity contribution in [3.8, 4) is 0 Å². The molecule has 0 saturated carbocycles. The number of amides is 1. The largest absolute Gasteiger partial charge is 0.478 e. The van der Waals surface area contributed by atoms with E-state index in [1.165, 1.54) is 52.4 Å². The van der Waals surface area contributed by atoms with E-state index in [9.17, 15) is 19.2 Å². The number of nitrogens with one attached hydrogen (secondary N) is 3. The summed E-state index contributed by atoms with van der Waals surface area (Å²) in [6, 6.07) is 30.9. The highest BCUT2D eigenvalue weighted by Gasteiger charge is 2.33. The van der Waals surface area contributed by atoms with Gasteiger partial charge in [-0.1, -0.05) is 60.7 Å². The SMILES string of the molecule is O=C(O)c1ccc(=O)[nH]c1.O=C(c1ccc(=O)[nH]c1)N1CCc2sccc2C1c1ccccc1.c1ccc(C2NCCc3sccc32)cc1. The number of carboxylic acids is 1. The number of aromatic nitrogens is 2. The Hall–Kier alpha value is -5.36. The maximum Gasteiger partial charge on any atom is 0.337 e. The number of rotatable bonds is 4. The second-order valence-corrected chi connectivity index (χ2v) is 13.4. The molecule has 11 heteroatoms. The lowest BCUT2D eigenvalue weighted by atomic mass is 9.93. The Morgan fingerprint density at radius 2 is 1.24 bits per heavy atom. The maximum absolute atomic E-state index is 13.0. The molecule has 2 unspecified atom stereocenters. The van der Waals surface area contributed by atoms with Crippen molar-refractivity contribution >= 4 is 34.6 Å². The van der Waals surface area contributed by atoms with Crippen LogP contribution in [-0.4, -0.2) is 44.9 Å². The summed E-state index contributed by atoms with van der Waals surface area (Å²) in [4.78, 5) is 54.5. The van der Waals surface area contributed by atoms with E-state index in [0.717, 1.165) is 24.7 Å². The molecule has 0 saturated heterocycles. The number of carbonyl (C=O) groups is 2.